The molecule has 0 fully saturated rings. The molecule has 0 amide bonds. The summed E-state index contributed by atoms with van der Waals surface area (Å²) < 4.78 is 2.08. The van der Waals surface area contributed by atoms with E-state index in [1.165, 1.54) is 5.57 Å². The Morgan fingerprint density at radius 3 is 2.74 bits per heavy atom. The summed E-state index contributed by atoms with van der Waals surface area (Å²) in [7, 11) is 0. The number of allylic oxidation sites excluding steroid dienone is 5. The van der Waals surface area contributed by atoms with E-state index in [2.05, 4.69) is 71.5 Å². The van der Waals surface area contributed by atoms with Crippen molar-refractivity contribution < 1.29 is 0 Å². The van der Waals surface area contributed by atoms with E-state index in [4.69, 9.17) is 0 Å². The average Bonchev–Trinajstić information content (AvgIpc) is 3.26. The molecule has 0 aliphatic carbocycles. The number of fused-ring (bicyclic) bond motifs is 1. The van der Waals surface area contributed by atoms with Crippen LogP contribution >= 0.6 is 11.3 Å². The lowest BCUT2D eigenvalue weighted by Gasteiger charge is -2.12. The van der Waals surface area contributed by atoms with Gasteiger partial charge in [-0.15, -0.1) is 0 Å². The summed E-state index contributed by atoms with van der Waals surface area (Å²) in [6, 6.07) is 2.56. The summed E-state index contributed by atoms with van der Waals surface area (Å²) in [4.78, 5) is 10.2. The molecule has 0 unspecified atom stereocenters. The number of hydrogen-bond donors (Lipinski definition) is 1. The van der Waals surface area contributed by atoms with Crippen LogP contribution in [0.15, 0.2) is 60.7 Å². The minimum absolute atomic E-state index is 0.359. The fourth-order valence-corrected chi connectivity index (χ4v) is 3.84. The monoisotopic (exact) mass is 378 g/mol. The molecule has 0 saturated carbocycles. The molecule has 0 bridgehead atoms. The van der Waals surface area contributed by atoms with Gasteiger partial charge in [-0.05, 0) is 51.8 Å². The molecule has 140 valence electrons. The third-order valence-electron chi connectivity index (χ3n) is 4.36. The van der Waals surface area contributed by atoms with E-state index in [0.717, 1.165) is 37.9 Å². The predicted octanol–water partition coefficient (Wildman–Crippen LogP) is 6.20. The Balaban J connectivity index is 2.19. The maximum atomic E-state index is 4.58. The smallest absolute Gasteiger partial charge is 0.183 e. The average molecular weight is 379 g/mol. The zero-order chi connectivity index (χ0) is 19.6. The maximum absolute atomic E-state index is 4.58. The molecule has 1 N–H and O–H groups in total. The van der Waals surface area contributed by atoms with Crippen LogP contribution < -0.4 is 5.32 Å². The van der Waals surface area contributed by atoms with Crippen molar-refractivity contribution in [3.63, 3.8) is 0 Å². The molecule has 3 aromatic heterocycles. The first-order chi connectivity index (χ1) is 12.9. The van der Waals surface area contributed by atoms with Gasteiger partial charge in [-0.3, -0.25) is 0 Å². The second-order valence-electron chi connectivity index (χ2n) is 6.95. The Hall–Kier alpha value is -2.66. The first kappa shape index (κ1) is 19.1. The van der Waals surface area contributed by atoms with Gasteiger partial charge in [-0.25, -0.2) is 9.97 Å². The highest BCUT2D eigenvalue weighted by Crippen LogP contribution is 2.34. The number of imidazole rings is 1. The molecular formula is C22H26N4S. The lowest BCUT2D eigenvalue weighted by atomic mass is 9.96. The summed E-state index contributed by atoms with van der Waals surface area (Å²) in [5.41, 5.74) is 6.54. The molecule has 3 rings (SSSR count). The van der Waals surface area contributed by atoms with E-state index in [0.29, 0.717) is 6.04 Å². The van der Waals surface area contributed by atoms with E-state index in [9.17, 15) is 0 Å². The molecule has 27 heavy (non-hydrogen) atoms. The van der Waals surface area contributed by atoms with Crippen molar-refractivity contribution >= 4 is 27.7 Å². The molecule has 3 heterocycles. The van der Waals surface area contributed by atoms with Crippen molar-refractivity contribution in [2.45, 2.75) is 40.7 Å². The maximum Gasteiger partial charge on any atom is 0.183 e. The molecule has 0 aromatic carbocycles. The van der Waals surface area contributed by atoms with Crippen LogP contribution in [0.25, 0.3) is 21.7 Å². The van der Waals surface area contributed by atoms with Crippen molar-refractivity contribution in [2.24, 2.45) is 0 Å². The molecule has 0 atom stereocenters. The van der Waals surface area contributed by atoms with Crippen LogP contribution in [0.5, 0.6) is 0 Å². The van der Waals surface area contributed by atoms with Gasteiger partial charge in [0.15, 0.2) is 5.13 Å². The largest absolute Gasteiger partial charge is 0.359 e. The Kier molecular flexibility index (Phi) is 5.61. The number of thiazole rings is 1. The van der Waals surface area contributed by atoms with Gasteiger partial charge in [0, 0.05) is 42.0 Å². The van der Waals surface area contributed by atoms with Crippen molar-refractivity contribution in [1.82, 2.24) is 14.4 Å². The SMILES string of the molecule is C=C(C)/C(C)=C(\C=C/C)c1cc(-c2cnc(NC(C)C)s2)cn2ccnc12. The summed E-state index contributed by atoms with van der Waals surface area (Å²) in [6.45, 7) is 14.5. The van der Waals surface area contributed by atoms with Crippen LogP contribution in [0, 0.1) is 0 Å². The molecule has 0 saturated heterocycles. The van der Waals surface area contributed by atoms with E-state index >= 15 is 0 Å². The van der Waals surface area contributed by atoms with Gasteiger partial charge < -0.3 is 9.72 Å². The molecular weight excluding hydrogens is 352 g/mol. The molecule has 0 spiro atoms. The van der Waals surface area contributed by atoms with Gasteiger partial charge in [-0.1, -0.05) is 35.6 Å². The molecule has 3 aromatic rings. The lowest BCUT2D eigenvalue weighted by Crippen LogP contribution is -2.08. The van der Waals surface area contributed by atoms with E-state index < -0.39 is 0 Å². The Morgan fingerprint density at radius 1 is 1.30 bits per heavy atom. The third-order valence-corrected chi connectivity index (χ3v) is 5.34. The first-order valence-electron chi connectivity index (χ1n) is 9.10. The molecule has 0 radical (unpaired) electrons. The van der Waals surface area contributed by atoms with Gasteiger partial charge in [0.05, 0.1) is 4.88 Å². The first-order valence-corrected chi connectivity index (χ1v) is 9.91. The highest BCUT2D eigenvalue weighted by Gasteiger charge is 2.14. The lowest BCUT2D eigenvalue weighted by molar-refractivity contribution is 0.896. The molecule has 0 aliphatic rings. The highest BCUT2D eigenvalue weighted by atomic mass is 32.1. The summed E-state index contributed by atoms with van der Waals surface area (Å²) in [6.07, 6.45) is 12.1. The minimum Gasteiger partial charge on any atom is -0.359 e. The zero-order valence-electron chi connectivity index (χ0n) is 16.6. The van der Waals surface area contributed by atoms with E-state index in [1.54, 1.807) is 11.3 Å². The van der Waals surface area contributed by atoms with Gasteiger partial charge in [0.2, 0.25) is 0 Å². The topological polar surface area (TPSA) is 42.2 Å². The van der Waals surface area contributed by atoms with Crippen LogP contribution in [0.2, 0.25) is 0 Å². The van der Waals surface area contributed by atoms with Crippen LogP contribution in [0.4, 0.5) is 5.13 Å². The van der Waals surface area contributed by atoms with Crippen LogP contribution in [0.1, 0.15) is 40.2 Å². The second kappa shape index (κ2) is 7.92. The van der Waals surface area contributed by atoms with Crippen molar-refractivity contribution in [2.75, 3.05) is 5.32 Å². The Bertz CT molecular complexity index is 1030. The molecule has 4 nitrogen and oxygen atoms in total. The van der Waals surface area contributed by atoms with Crippen LogP contribution in [0.3, 0.4) is 0 Å². The standard InChI is InChI=1S/C22H26N4S/c1-7-8-18(16(6)14(2)3)19-11-17(13-26-10-9-23-21(19)26)20-12-24-22(27-20)25-15(4)5/h7-13,15H,2H2,1,3-6H3,(H,24,25)/b8-7-,18-16+. The van der Waals surface area contributed by atoms with Gasteiger partial charge in [0.1, 0.15) is 5.65 Å². The minimum atomic E-state index is 0.359. The normalized spacial score (nSPS) is 12.8. The molecule has 5 heteroatoms. The number of anilines is 1. The third kappa shape index (κ3) is 4.03. The Morgan fingerprint density at radius 2 is 2.07 bits per heavy atom. The van der Waals surface area contributed by atoms with Crippen molar-refractivity contribution in [3.8, 4) is 10.4 Å². The summed E-state index contributed by atoms with van der Waals surface area (Å²) >= 11 is 1.67. The van der Waals surface area contributed by atoms with Gasteiger partial charge in [-0.2, -0.15) is 0 Å². The number of rotatable bonds is 6. The Labute approximate surface area is 165 Å². The number of nitrogens with zero attached hydrogens (tertiary/aromatic N) is 3. The number of pyridine rings is 1. The zero-order valence-corrected chi connectivity index (χ0v) is 17.4. The summed E-state index contributed by atoms with van der Waals surface area (Å²) in [5, 5.41) is 4.31. The van der Waals surface area contributed by atoms with E-state index in [1.807, 2.05) is 32.4 Å². The van der Waals surface area contributed by atoms with Gasteiger partial charge >= 0.3 is 0 Å². The van der Waals surface area contributed by atoms with Crippen LogP contribution in [-0.4, -0.2) is 20.4 Å². The molecule has 0 aliphatic heterocycles. The quantitative estimate of drug-likeness (QED) is 0.519. The van der Waals surface area contributed by atoms with Crippen LogP contribution in [-0.2, 0) is 0 Å². The summed E-state index contributed by atoms with van der Waals surface area (Å²) in [5.74, 6) is 0. The fraction of sp³-hybridized carbons (Fsp3) is 0.273. The fourth-order valence-electron chi connectivity index (χ4n) is 2.90. The van der Waals surface area contributed by atoms with Crippen molar-refractivity contribution in [1.29, 1.82) is 0 Å². The second-order valence-corrected chi connectivity index (χ2v) is 7.98. The number of nitrogens with one attached hydrogen (secondary N) is 1. The highest BCUT2D eigenvalue weighted by molar-refractivity contribution is 7.18. The van der Waals surface area contributed by atoms with E-state index in [-0.39, 0.29) is 0 Å². The van der Waals surface area contributed by atoms with Gasteiger partial charge in [0.25, 0.3) is 0 Å². The number of hydrogen-bond acceptors (Lipinski definition) is 4. The van der Waals surface area contributed by atoms with Crippen molar-refractivity contribution in [3.05, 3.63) is 66.3 Å². The number of aromatic nitrogens is 3. The predicted molar refractivity (Wildman–Crippen MR) is 117 cm³/mol.